The van der Waals surface area contributed by atoms with Crippen molar-refractivity contribution in [3.05, 3.63) is 59.8 Å². The predicted octanol–water partition coefficient (Wildman–Crippen LogP) is 3.20. The molecule has 0 spiro atoms. The summed E-state index contributed by atoms with van der Waals surface area (Å²) in [5.41, 5.74) is 3.21. The number of hydrogen-bond acceptors (Lipinski definition) is 7. The van der Waals surface area contributed by atoms with Crippen molar-refractivity contribution in [1.82, 2.24) is 35.0 Å². The number of amides is 1. The van der Waals surface area contributed by atoms with Crippen LogP contribution in [-0.2, 0) is 13.5 Å². The van der Waals surface area contributed by atoms with Gasteiger partial charge in [-0.1, -0.05) is 0 Å². The molecule has 0 saturated carbocycles. The molecule has 4 aromatic heterocycles. The molecule has 1 amide bonds. The van der Waals surface area contributed by atoms with Gasteiger partial charge in [-0.3, -0.25) is 9.48 Å². The van der Waals surface area contributed by atoms with Gasteiger partial charge in [-0.25, -0.2) is 19.3 Å². The van der Waals surface area contributed by atoms with Gasteiger partial charge in [0.15, 0.2) is 5.65 Å². The molecule has 4 heterocycles. The Morgan fingerprint density at radius 3 is 3.06 bits per heavy atom. The smallest absolute Gasteiger partial charge is 0.255 e. The minimum absolute atomic E-state index is 0.125. The Labute approximate surface area is 186 Å². The molecule has 0 unspecified atom stereocenters. The highest BCUT2D eigenvalue weighted by Gasteiger charge is 2.21. The van der Waals surface area contributed by atoms with Gasteiger partial charge in [-0.2, -0.15) is 10.4 Å². The summed E-state index contributed by atoms with van der Waals surface area (Å²) >= 11 is 0. The average molecular weight is 444 g/mol. The molecule has 1 atom stereocenters. The highest BCUT2D eigenvalue weighted by atomic mass is 19.1. The SMILES string of the molecule is C[C@@H](NC(=O)c1c[nH]c2ncc(-c3nn(C)c4cc(F)ccc34)nc12)c1nc(CC#N)co1. The second kappa shape index (κ2) is 7.83. The summed E-state index contributed by atoms with van der Waals surface area (Å²) in [6, 6.07) is 5.88. The van der Waals surface area contributed by atoms with Gasteiger partial charge in [0, 0.05) is 18.6 Å². The first-order valence-corrected chi connectivity index (χ1v) is 10.0. The topological polar surface area (TPSA) is 138 Å². The van der Waals surface area contributed by atoms with E-state index in [1.165, 1.54) is 24.6 Å². The molecule has 0 bridgehead atoms. The van der Waals surface area contributed by atoms with Crippen molar-refractivity contribution < 1.29 is 13.6 Å². The molecular weight excluding hydrogens is 427 g/mol. The first-order chi connectivity index (χ1) is 15.9. The molecule has 10 nitrogen and oxygen atoms in total. The van der Waals surface area contributed by atoms with Crippen LogP contribution in [0.3, 0.4) is 0 Å². The van der Waals surface area contributed by atoms with Crippen LogP contribution in [0.5, 0.6) is 0 Å². The Hall–Kier alpha value is -4.59. The van der Waals surface area contributed by atoms with Gasteiger partial charge in [0.2, 0.25) is 5.89 Å². The number of nitrogens with zero attached hydrogens (tertiary/aromatic N) is 6. The van der Waals surface area contributed by atoms with Crippen LogP contribution in [0.15, 0.2) is 41.3 Å². The van der Waals surface area contributed by atoms with E-state index >= 15 is 0 Å². The number of carbonyl (C=O) groups excluding carboxylic acids is 1. The van der Waals surface area contributed by atoms with Gasteiger partial charge in [-0.15, -0.1) is 0 Å². The first kappa shape index (κ1) is 20.3. The van der Waals surface area contributed by atoms with Crippen LogP contribution in [0.2, 0.25) is 0 Å². The van der Waals surface area contributed by atoms with Gasteiger partial charge >= 0.3 is 0 Å². The Kier molecular flexibility index (Phi) is 4.82. The lowest BCUT2D eigenvalue weighted by Gasteiger charge is -2.09. The number of nitrogens with one attached hydrogen (secondary N) is 2. The fraction of sp³-hybridized carbons (Fsp3) is 0.182. The molecule has 0 aliphatic carbocycles. The van der Waals surface area contributed by atoms with Gasteiger partial charge < -0.3 is 14.7 Å². The van der Waals surface area contributed by atoms with E-state index in [9.17, 15) is 9.18 Å². The van der Waals surface area contributed by atoms with E-state index in [2.05, 4.69) is 30.4 Å². The number of aromatic nitrogens is 6. The summed E-state index contributed by atoms with van der Waals surface area (Å²) in [4.78, 5) is 29.1. The maximum Gasteiger partial charge on any atom is 0.255 e. The van der Waals surface area contributed by atoms with Crippen LogP contribution < -0.4 is 5.32 Å². The number of oxazole rings is 1. The van der Waals surface area contributed by atoms with Crippen LogP contribution in [0, 0.1) is 17.1 Å². The van der Waals surface area contributed by atoms with Crippen molar-refractivity contribution in [2.45, 2.75) is 19.4 Å². The lowest BCUT2D eigenvalue weighted by Crippen LogP contribution is -2.26. The minimum Gasteiger partial charge on any atom is -0.446 e. The predicted molar refractivity (Wildman–Crippen MR) is 115 cm³/mol. The lowest BCUT2D eigenvalue weighted by molar-refractivity contribution is 0.0935. The second-order valence-corrected chi connectivity index (χ2v) is 7.50. The van der Waals surface area contributed by atoms with E-state index in [1.807, 2.05) is 6.07 Å². The second-order valence-electron chi connectivity index (χ2n) is 7.50. The van der Waals surface area contributed by atoms with Crippen molar-refractivity contribution >= 4 is 28.0 Å². The molecule has 0 radical (unpaired) electrons. The fourth-order valence-electron chi connectivity index (χ4n) is 3.62. The van der Waals surface area contributed by atoms with Crippen LogP contribution in [-0.4, -0.2) is 35.6 Å². The molecule has 33 heavy (non-hydrogen) atoms. The molecule has 2 N–H and O–H groups in total. The summed E-state index contributed by atoms with van der Waals surface area (Å²) in [6.07, 6.45) is 4.60. The number of carbonyl (C=O) groups is 1. The summed E-state index contributed by atoms with van der Waals surface area (Å²) in [5.74, 6) is -0.455. The highest BCUT2D eigenvalue weighted by Crippen LogP contribution is 2.28. The lowest BCUT2D eigenvalue weighted by atomic mass is 10.1. The molecular formula is C22H17FN8O2. The number of aryl methyl sites for hydroxylation is 1. The van der Waals surface area contributed by atoms with Crippen molar-refractivity contribution in [1.29, 1.82) is 5.26 Å². The molecule has 0 aliphatic rings. The zero-order chi connectivity index (χ0) is 23.1. The number of H-pyrrole nitrogens is 1. The minimum atomic E-state index is -0.527. The fourth-order valence-corrected chi connectivity index (χ4v) is 3.62. The molecule has 0 fully saturated rings. The Morgan fingerprint density at radius 2 is 2.24 bits per heavy atom. The average Bonchev–Trinajstić information content (AvgIpc) is 3.51. The zero-order valence-corrected chi connectivity index (χ0v) is 17.6. The molecule has 11 heteroatoms. The van der Waals surface area contributed by atoms with Gasteiger partial charge in [0.05, 0.1) is 35.5 Å². The Morgan fingerprint density at radius 1 is 1.39 bits per heavy atom. The van der Waals surface area contributed by atoms with Gasteiger partial charge in [0.25, 0.3) is 5.91 Å². The number of nitriles is 1. The van der Waals surface area contributed by atoms with Gasteiger partial charge in [0.1, 0.15) is 35.0 Å². The molecule has 0 aliphatic heterocycles. The number of aromatic amines is 1. The maximum absolute atomic E-state index is 13.7. The van der Waals surface area contributed by atoms with E-state index in [0.717, 1.165) is 5.39 Å². The van der Waals surface area contributed by atoms with Crippen LogP contribution in [0.1, 0.15) is 34.9 Å². The third-order valence-corrected chi connectivity index (χ3v) is 5.23. The van der Waals surface area contributed by atoms with E-state index in [0.29, 0.717) is 45.2 Å². The monoisotopic (exact) mass is 444 g/mol. The van der Waals surface area contributed by atoms with Crippen molar-refractivity contribution in [2.24, 2.45) is 7.05 Å². The number of benzene rings is 1. The van der Waals surface area contributed by atoms with Crippen molar-refractivity contribution in [3.63, 3.8) is 0 Å². The van der Waals surface area contributed by atoms with Crippen molar-refractivity contribution in [3.8, 4) is 17.5 Å². The molecule has 0 saturated heterocycles. The normalized spacial score (nSPS) is 12.2. The largest absolute Gasteiger partial charge is 0.446 e. The quantitative estimate of drug-likeness (QED) is 0.424. The van der Waals surface area contributed by atoms with E-state index in [4.69, 9.17) is 9.68 Å². The van der Waals surface area contributed by atoms with E-state index in [-0.39, 0.29) is 12.2 Å². The summed E-state index contributed by atoms with van der Waals surface area (Å²) in [6.45, 7) is 1.73. The van der Waals surface area contributed by atoms with Crippen LogP contribution >= 0.6 is 0 Å². The standard InChI is InChI=1S/C22H17FN8O2/c1-11(22-28-13(5-6-24)10-33-22)27-21(32)15-8-25-20-19(15)29-16(9-26-20)18-14-4-3-12(23)7-17(14)31(2)30-18/h3-4,7-11H,5H2,1-2H3,(H,25,26)(H,27,32)/t11-/m1/s1. The number of rotatable bonds is 5. The van der Waals surface area contributed by atoms with Crippen LogP contribution in [0.25, 0.3) is 33.5 Å². The molecule has 5 rings (SSSR count). The van der Waals surface area contributed by atoms with Gasteiger partial charge in [-0.05, 0) is 25.1 Å². The third kappa shape index (κ3) is 3.57. The highest BCUT2D eigenvalue weighted by molar-refractivity contribution is 6.05. The summed E-state index contributed by atoms with van der Waals surface area (Å²) < 4.78 is 20.6. The van der Waals surface area contributed by atoms with Crippen LogP contribution in [0.4, 0.5) is 4.39 Å². The van der Waals surface area contributed by atoms with E-state index in [1.54, 1.807) is 30.9 Å². The van der Waals surface area contributed by atoms with Crippen molar-refractivity contribution in [2.75, 3.05) is 0 Å². The number of fused-ring (bicyclic) bond motifs is 2. The number of hydrogen-bond donors (Lipinski definition) is 2. The molecule has 164 valence electrons. The third-order valence-electron chi connectivity index (χ3n) is 5.23. The molecule has 1 aromatic carbocycles. The van der Waals surface area contributed by atoms with E-state index < -0.39 is 11.9 Å². The molecule has 5 aromatic rings. The first-order valence-electron chi connectivity index (χ1n) is 10.0. The maximum atomic E-state index is 13.7. The Balaban J connectivity index is 1.47. The summed E-state index contributed by atoms with van der Waals surface area (Å²) in [5, 5.41) is 16.8. The number of halogens is 1. The summed E-state index contributed by atoms with van der Waals surface area (Å²) in [7, 11) is 1.72. The Bertz CT molecular complexity index is 1560. The zero-order valence-electron chi connectivity index (χ0n) is 17.6.